The number of hydrogen-bond donors (Lipinski definition) is 0. The lowest BCUT2D eigenvalue weighted by Crippen LogP contribution is -2.55. The van der Waals surface area contributed by atoms with Crippen LogP contribution in [0.4, 0.5) is 0 Å². The fourth-order valence-corrected chi connectivity index (χ4v) is 3.92. The molecule has 0 N–H and O–H groups in total. The first-order valence-corrected chi connectivity index (χ1v) is 8.20. The molecule has 0 spiro atoms. The van der Waals surface area contributed by atoms with E-state index in [4.69, 9.17) is 14.2 Å². The molecule has 0 fully saturated rings. The first-order chi connectivity index (χ1) is 11.4. The molecule has 4 nitrogen and oxygen atoms in total. The van der Waals surface area contributed by atoms with E-state index >= 15 is 0 Å². The highest BCUT2D eigenvalue weighted by Crippen LogP contribution is 2.60. The van der Waals surface area contributed by atoms with Crippen molar-refractivity contribution in [1.82, 2.24) is 0 Å². The Labute approximate surface area is 141 Å². The van der Waals surface area contributed by atoms with E-state index in [9.17, 15) is 4.79 Å². The Bertz CT molecular complexity index is 857. The van der Waals surface area contributed by atoms with Crippen LogP contribution < -0.4 is 9.47 Å². The molecule has 2 heterocycles. The van der Waals surface area contributed by atoms with Crippen molar-refractivity contribution in [1.29, 1.82) is 0 Å². The van der Waals surface area contributed by atoms with Crippen molar-refractivity contribution < 1.29 is 19.0 Å². The first kappa shape index (κ1) is 15.1. The summed E-state index contributed by atoms with van der Waals surface area (Å²) in [5, 5.41) is 0. The maximum absolute atomic E-state index is 13.2. The van der Waals surface area contributed by atoms with Gasteiger partial charge in [-0.2, -0.15) is 0 Å². The molecule has 2 aliphatic heterocycles. The standard InChI is InChI=1S/C20H20O4/c1-5-22-18(21)20-14-8-6-13(3)11-17(14)24-19(20,4)23-16-9-7-12(2)10-15(16)20/h6-11H,5H2,1-4H3. The quantitative estimate of drug-likeness (QED) is 0.791. The number of carbonyl (C=O) groups excluding carboxylic acids is 1. The molecule has 124 valence electrons. The first-order valence-electron chi connectivity index (χ1n) is 8.20. The van der Waals surface area contributed by atoms with Gasteiger partial charge >= 0.3 is 5.97 Å². The number of fused-ring (bicyclic) bond motifs is 5. The fourth-order valence-electron chi connectivity index (χ4n) is 3.92. The van der Waals surface area contributed by atoms with Crippen molar-refractivity contribution in [2.45, 2.75) is 38.9 Å². The normalized spacial score (nSPS) is 26.0. The Hall–Kier alpha value is -2.49. The van der Waals surface area contributed by atoms with Gasteiger partial charge in [0.25, 0.3) is 5.79 Å². The van der Waals surface area contributed by atoms with Gasteiger partial charge in [0.2, 0.25) is 5.41 Å². The second kappa shape index (κ2) is 4.76. The molecule has 2 unspecified atom stereocenters. The van der Waals surface area contributed by atoms with Gasteiger partial charge in [0.1, 0.15) is 11.5 Å². The van der Waals surface area contributed by atoms with Crippen molar-refractivity contribution in [3.8, 4) is 11.5 Å². The number of carbonyl (C=O) groups is 1. The van der Waals surface area contributed by atoms with Gasteiger partial charge in [-0.25, -0.2) is 0 Å². The minimum absolute atomic E-state index is 0.305. The molecule has 0 bridgehead atoms. The van der Waals surface area contributed by atoms with E-state index in [0.717, 1.165) is 22.3 Å². The molecule has 0 aliphatic carbocycles. The van der Waals surface area contributed by atoms with Crippen LogP contribution in [0.25, 0.3) is 0 Å². The lowest BCUT2D eigenvalue weighted by molar-refractivity contribution is -0.167. The van der Waals surface area contributed by atoms with Crippen LogP contribution in [0.3, 0.4) is 0 Å². The van der Waals surface area contributed by atoms with Gasteiger partial charge < -0.3 is 14.2 Å². The summed E-state index contributed by atoms with van der Waals surface area (Å²) < 4.78 is 17.8. The Morgan fingerprint density at radius 3 is 2.42 bits per heavy atom. The average Bonchev–Trinajstić information content (AvgIpc) is 2.91. The molecule has 0 saturated heterocycles. The molecule has 2 aliphatic rings. The maximum atomic E-state index is 13.2. The summed E-state index contributed by atoms with van der Waals surface area (Å²) in [4.78, 5) is 13.2. The van der Waals surface area contributed by atoms with Crippen LogP contribution in [-0.2, 0) is 14.9 Å². The van der Waals surface area contributed by atoms with Gasteiger partial charge in [0, 0.05) is 18.1 Å². The molecule has 0 aromatic heterocycles. The monoisotopic (exact) mass is 324 g/mol. The van der Waals surface area contributed by atoms with Gasteiger partial charge in [0.15, 0.2) is 0 Å². The van der Waals surface area contributed by atoms with Gasteiger partial charge in [0.05, 0.1) is 6.61 Å². The summed E-state index contributed by atoms with van der Waals surface area (Å²) in [5.74, 6) is -0.134. The summed E-state index contributed by atoms with van der Waals surface area (Å²) in [5.41, 5.74) is 2.64. The predicted octanol–water partition coefficient (Wildman–Crippen LogP) is 3.65. The fraction of sp³-hybridized carbons (Fsp3) is 0.350. The molecule has 24 heavy (non-hydrogen) atoms. The molecule has 0 radical (unpaired) electrons. The van der Waals surface area contributed by atoms with Crippen molar-refractivity contribution in [3.63, 3.8) is 0 Å². The Balaban J connectivity index is 2.06. The molecule has 4 heteroatoms. The highest BCUT2D eigenvalue weighted by Gasteiger charge is 2.71. The van der Waals surface area contributed by atoms with Crippen LogP contribution in [0.5, 0.6) is 11.5 Å². The van der Waals surface area contributed by atoms with E-state index < -0.39 is 11.2 Å². The summed E-state index contributed by atoms with van der Waals surface area (Å²) in [6, 6.07) is 11.7. The maximum Gasteiger partial charge on any atom is 0.329 e. The number of ether oxygens (including phenoxy) is 3. The molecular formula is C20H20O4. The Morgan fingerprint density at radius 2 is 1.67 bits per heavy atom. The van der Waals surface area contributed by atoms with E-state index in [-0.39, 0.29) is 5.97 Å². The summed E-state index contributed by atoms with van der Waals surface area (Å²) >= 11 is 0. The van der Waals surface area contributed by atoms with Crippen LogP contribution in [-0.4, -0.2) is 18.4 Å². The molecule has 2 aromatic carbocycles. The summed E-state index contributed by atoms with van der Waals surface area (Å²) in [7, 11) is 0. The zero-order valence-electron chi connectivity index (χ0n) is 14.3. The molecule has 4 rings (SSSR count). The second-order valence-corrected chi connectivity index (χ2v) is 6.62. The van der Waals surface area contributed by atoms with Gasteiger partial charge in [-0.15, -0.1) is 0 Å². The number of benzene rings is 2. The van der Waals surface area contributed by atoms with Crippen molar-refractivity contribution in [2.75, 3.05) is 6.61 Å². The molecule has 0 saturated carbocycles. The minimum Gasteiger partial charge on any atom is -0.465 e. The molecule has 2 atom stereocenters. The Morgan fingerprint density at radius 1 is 1.00 bits per heavy atom. The zero-order chi connectivity index (χ0) is 17.1. The van der Waals surface area contributed by atoms with E-state index in [1.165, 1.54) is 0 Å². The van der Waals surface area contributed by atoms with Crippen LogP contribution in [0, 0.1) is 13.8 Å². The lowest BCUT2D eigenvalue weighted by Gasteiger charge is -2.32. The third-order valence-corrected chi connectivity index (χ3v) is 4.95. The van der Waals surface area contributed by atoms with E-state index in [0.29, 0.717) is 18.1 Å². The summed E-state index contributed by atoms with van der Waals surface area (Å²) in [6.45, 7) is 7.93. The van der Waals surface area contributed by atoms with Crippen molar-refractivity contribution >= 4 is 5.97 Å². The number of esters is 1. The van der Waals surface area contributed by atoms with Gasteiger partial charge in [-0.3, -0.25) is 4.79 Å². The van der Waals surface area contributed by atoms with E-state index in [1.807, 2.05) is 64.1 Å². The van der Waals surface area contributed by atoms with Crippen LogP contribution in [0.2, 0.25) is 0 Å². The highest BCUT2D eigenvalue weighted by molar-refractivity contribution is 5.94. The molecule has 2 aromatic rings. The van der Waals surface area contributed by atoms with Crippen LogP contribution >= 0.6 is 0 Å². The second-order valence-electron chi connectivity index (χ2n) is 6.62. The third kappa shape index (κ3) is 1.66. The van der Waals surface area contributed by atoms with Gasteiger partial charge in [-0.05, 0) is 38.5 Å². The topological polar surface area (TPSA) is 44.8 Å². The van der Waals surface area contributed by atoms with Gasteiger partial charge in [-0.1, -0.05) is 29.8 Å². The zero-order valence-corrected chi connectivity index (χ0v) is 14.3. The smallest absolute Gasteiger partial charge is 0.329 e. The third-order valence-electron chi connectivity index (χ3n) is 4.95. The predicted molar refractivity (Wildman–Crippen MR) is 89.4 cm³/mol. The largest absolute Gasteiger partial charge is 0.465 e. The highest BCUT2D eigenvalue weighted by atomic mass is 16.7. The van der Waals surface area contributed by atoms with Crippen molar-refractivity contribution in [3.05, 3.63) is 58.7 Å². The van der Waals surface area contributed by atoms with Crippen LogP contribution in [0.1, 0.15) is 36.1 Å². The summed E-state index contributed by atoms with van der Waals surface area (Å²) in [6.07, 6.45) is 0. The number of aryl methyl sites for hydroxylation is 2. The minimum atomic E-state index is -1.15. The SMILES string of the molecule is CCOC(=O)C12c3ccc(C)cc3OC1(C)Oc1ccc(C)cc12. The van der Waals surface area contributed by atoms with E-state index in [1.54, 1.807) is 0 Å². The Kier molecular flexibility index (Phi) is 2.99. The molecule has 0 amide bonds. The average molecular weight is 324 g/mol. The number of rotatable bonds is 2. The van der Waals surface area contributed by atoms with Crippen LogP contribution in [0.15, 0.2) is 36.4 Å². The molecular weight excluding hydrogens is 304 g/mol. The van der Waals surface area contributed by atoms with E-state index in [2.05, 4.69) is 0 Å². The lowest BCUT2D eigenvalue weighted by atomic mass is 9.71. The van der Waals surface area contributed by atoms with Crippen molar-refractivity contribution in [2.24, 2.45) is 0 Å². The number of hydrogen-bond acceptors (Lipinski definition) is 4.